The second-order valence-electron chi connectivity index (χ2n) is 4.52. The van der Waals surface area contributed by atoms with Crippen LogP contribution in [0.4, 0.5) is 11.4 Å². The first-order valence-electron chi connectivity index (χ1n) is 6.22. The number of anilines is 2. The van der Waals surface area contributed by atoms with Crippen molar-refractivity contribution in [2.45, 2.75) is 6.92 Å². The maximum Gasteiger partial charge on any atom is 0.175 e. The summed E-state index contributed by atoms with van der Waals surface area (Å²) >= 11 is 17.1. The molecule has 0 fully saturated rings. The fourth-order valence-electron chi connectivity index (χ4n) is 1.75. The Bertz CT molecular complexity index is 750. The largest absolute Gasteiger partial charge is 0.545 e. The molecule has 0 saturated heterocycles. The minimum absolute atomic E-state index is 0.0698. The van der Waals surface area contributed by atoms with Gasteiger partial charge in [0.25, 0.3) is 0 Å². The van der Waals surface area contributed by atoms with Gasteiger partial charge in [-0.3, -0.25) is 0 Å². The van der Waals surface area contributed by atoms with E-state index in [9.17, 15) is 9.90 Å². The van der Waals surface area contributed by atoms with E-state index in [-0.39, 0.29) is 10.7 Å². The van der Waals surface area contributed by atoms with E-state index in [4.69, 9.17) is 35.4 Å². The summed E-state index contributed by atoms with van der Waals surface area (Å²) < 4.78 is 0. The molecular formula is C15H11Cl2N2O2S-. The average molecular weight is 354 g/mol. The van der Waals surface area contributed by atoms with Gasteiger partial charge in [-0.25, -0.2) is 0 Å². The van der Waals surface area contributed by atoms with Gasteiger partial charge in [0.05, 0.1) is 16.7 Å². The number of carboxylic acid groups (broad SMARTS) is 1. The molecule has 0 aliphatic heterocycles. The summed E-state index contributed by atoms with van der Waals surface area (Å²) in [7, 11) is 0. The molecule has 0 bridgehead atoms. The van der Waals surface area contributed by atoms with Crippen molar-refractivity contribution in [3.63, 3.8) is 0 Å². The number of aromatic carboxylic acids is 1. The molecular weight excluding hydrogens is 343 g/mol. The lowest BCUT2D eigenvalue weighted by Gasteiger charge is -2.15. The minimum atomic E-state index is -1.25. The smallest absolute Gasteiger partial charge is 0.175 e. The fourth-order valence-corrected chi connectivity index (χ4v) is 2.43. The number of hydrogen-bond donors (Lipinski definition) is 2. The number of carbonyl (C=O) groups is 1. The predicted octanol–water partition coefficient (Wildman–Crippen LogP) is 3.47. The third-order valence-electron chi connectivity index (χ3n) is 2.90. The third kappa shape index (κ3) is 4.10. The molecule has 2 N–H and O–H groups in total. The standard InChI is InChI=1S/C15H12Cl2N2O2S/c1-8-2-3-9(14(20)21)6-13(8)19-15(22)18-12-5-4-10(16)7-11(12)17/h2-7H,1H3,(H,20,21)(H2,18,19,22)/p-1. The summed E-state index contributed by atoms with van der Waals surface area (Å²) in [4.78, 5) is 10.9. The molecule has 0 saturated carbocycles. The van der Waals surface area contributed by atoms with E-state index in [0.717, 1.165) is 5.56 Å². The summed E-state index contributed by atoms with van der Waals surface area (Å²) in [5.74, 6) is -1.25. The van der Waals surface area contributed by atoms with E-state index >= 15 is 0 Å². The molecule has 2 aromatic carbocycles. The van der Waals surface area contributed by atoms with Crippen LogP contribution < -0.4 is 15.7 Å². The molecule has 114 valence electrons. The van der Waals surface area contributed by atoms with Crippen molar-refractivity contribution in [2.24, 2.45) is 0 Å². The Labute approximate surface area is 143 Å². The number of carbonyl (C=O) groups excluding carboxylic acids is 1. The van der Waals surface area contributed by atoms with Gasteiger partial charge in [-0.15, -0.1) is 0 Å². The van der Waals surface area contributed by atoms with Crippen LogP contribution in [-0.4, -0.2) is 11.1 Å². The number of benzene rings is 2. The molecule has 0 heterocycles. The van der Waals surface area contributed by atoms with Gasteiger partial charge in [0.15, 0.2) is 5.11 Å². The van der Waals surface area contributed by atoms with Crippen LogP contribution in [0.25, 0.3) is 0 Å². The van der Waals surface area contributed by atoms with Crippen LogP contribution in [0, 0.1) is 6.92 Å². The van der Waals surface area contributed by atoms with E-state index in [2.05, 4.69) is 10.6 Å². The van der Waals surface area contributed by atoms with E-state index in [0.29, 0.717) is 21.4 Å². The van der Waals surface area contributed by atoms with E-state index in [1.54, 1.807) is 24.3 Å². The molecule has 22 heavy (non-hydrogen) atoms. The molecule has 2 rings (SSSR count). The summed E-state index contributed by atoms with van der Waals surface area (Å²) in [6, 6.07) is 9.58. The molecule has 0 aliphatic rings. The van der Waals surface area contributed by atoms with Crippen molar-refractivity contribution < 1.29 is 9.90 Å². The number of carboxylic acids is 1. The van der Waals surface area contributed by atoms with Crippen molar-refractivity contribution in [2.75, 3.05) is 10.6 Å². The molecule has 2 aromatic rings. The lowest BCUT2D eigenvalue weighted by atomic mass is 10.1. The predicted molar refractivity (Wildman–Crippen MR) is 91.8 cm³/mol. The highest BCUT2D eigenvalue weighted by Gasteiger charge is 2.06. The quantitative estimate of drug-likeness (QED) is 0.827. The Kier molecular flexibility index (Phi) is 5.24. The van der Waals surface area contributed by atoms with Crippen molar-refractivity contribution in [3.8, 4) is 0 Å². The van der Waals surface area contributed by atoms with Gasteiger partial charge in [0.2, 0.25) is 0 Å². The van der Waals surface area contributed by atoms with Gasteiger partial charge >= 0.3 is 0 Å². The topological polar surface area (TPSA) is 64.2 Å². The van der Waals surface area contributed by atoms with Gasteiger partial charge in [-0.05, 0) is 54.5 Å². The monoisotopic (exact) mass is 353 g/mol. The highest BCUT2D eigenvalue weighted by molar-refractivity contribution is 7.80. The van der Waals surface area contributed by atoms with Gasteiger partial charge in [-0.2, -0.15) is 0 Å². The van der Waals surface area contributed by atoms with Crippen LogP contribution in [0.2, 0.25) is 10.0 Å². The second-order valence-corrected chi connectivity index (χ2v) is 5.77. The first-order chi connectivity index (χ1) is 10.4. The Hall–Kier alpha value is -1.82. The Morgan fingerprint density at radius 1 is 1.09 bits per heavy atom. The van der Waals surface area contributed by atoms with Crippen molar-refractivity contribution in [1.29, 1.82) is 0 Å². The maximum absolute atomic E-state index is 10.9. The summed E-state index contributed by atoms with van der Waals surface area (Å²) in [6.45, 7) is 1.83. The van der Waals surface area contributed by atoms with Crippen molar-refractivity contribution >= 4 is 57.9 Å². The molecule has 0 aliphatic carbocycles. The number of nitrogens with one attached hydrogen (secondary N) is 2. The van der Waals surface area contributed by atoms with Gasteiger partial charge in [-0.1, -0.05) is 35.3 Å². The number of hydrogen-bond acceptors (Lipinski definition) is 3. The Balaban J connectivity index is 2.15. The van der Waals surface area contributed by atoms with E-state index < -0.39 is 5.97 Å². The molecule has 7 heteroatoms. The molecule has 0 atom stereocenters. The zero-order chi connectivity index (χ0) is 16.3. The average Bonchev–Trinajstić information content (AvgIpc) is 2.44. The molecule has 0 amide bonds. The third-order valence-corrected chi connectivity index (χ3v) is 3.65. The van der Waals surface area contributed by atoms with Crippen molar-refractivity contribution in [1.82, 2.24) is 0 Å². The zero-order valence-electron chi connectivity index (χ0n) is 11.4. The van der Waals surface area contributed by atoms with Crippen LogP contribution in [0.1, 0.15) is 15.9 Å². The first kappa shape index (κ1) is 16.5. The lowest BCUT2D eigenvalue weighted by molar-refractivity contribution is -0.255. The number of thiocarbonyl (C=S) groups is 1. The van der Waals surface area contributed by atoms with Crippen LogP contribution in [0.3, 0.4) is 0 Å². The summed E-state index contributed by atoms with van der Waals surface area (Å²) in [5, 5.41) is 18.0. The van der Waals surface area contributed by atoms with E-state index in [1.165, 1.54) is 12.1 Å². The summed E-state index contributed by atoms with van der Waals surface area (Å²) in [5.41, 5.74) is 2.08. The Morgan fingerprint density at radius 2 is 1.77 bits per heavy atom. The SMILES string of the molecule is Cc1ccc(C(=O)[O-])cc1NC(=S)Nc1ccc(Cl)cc1Cl. The maximum atomic E-state index is 10.9. The molecule has 4 nitrogen and oxygen atoms in total. The summed E-state index contributed by atoms with van der Waals surface area (Å²) in [6.07, 6.45) is 0. The number of rotatable bonds is 3. The normalized spacial score (nSPS) is 10.1. The Morgan fingerprint density at radius 3 is 2.41 bits per heavy atom. The molecule has 0 spiro atoms. The van der Waals surface area contributed by atoms with Crippen LogP contribution in [-0.2, 0) is 0 Å². The second kappa shape index (κ2) is 6.96. The van der Waals surface area contributed by atoms with Crippen LogP contribution >= 0.6 is 35.4 Å². The van der Waals surface area contributed by atoms with Crippen LogP contribution in [0.15, 0.2) is 36.4 Å². The molecule has 0 aromatic heterocycles. The van der Waals surface area contributed by atoms with Crippen molar-refractivity contribution in [3.05, 3.63) is 57.6 Å². The first-order valence-corrected chi connectivity index (χ1v) is 7.38. The molecule has 0 radical (unpaired) electrons. The zero-order valence-corrected chi connectivity index (χ0v) is 13.8. The van der Waals surface area contributed by atoms with Gasteiger partial charge in [0, 0.05) is 10.7 Å². The highest BCUT2D eigenvalue weighted by Crippen LogP contribution is 2.25. The van der Waals surface area contributed by atoms with Gasteiger partial charge in [0.1, 0.15) is 0 Å². The van der Waals surface area contributed by atoms with Gasteiger partial charge < -0.3 is 20.5 Å². The number of halogens is 2. The lowest BCUT2D eigenvalue weighted by Crippen LogP contribution is -2.23. The number of aryl methyl sites for hydroxylation is 1. The fraction of sp³-hybridized carbons (Fsp3) is 0.0667. The molecule has 0 unspecified atom stereocenters. The van der Waals surface area contributed by atoms with E-state index in [1.807, 2.05) is 6.92 Å². The van der Waals surface area contributed by atoms with Crippen LogP contribution in [0.5, 0.6) is 0 Å². The highest BCUT2D eigenvalue weighted by atomic mass is 35.5. The minimum Gasteiger partial charge on any atom is -0.545 e.